The topological polar surface area (TPSA) is 59.3 Å². The summed E-state index contributed by atoms with van der Waals surface area (Å²) in [4.78, 5) is 11.3. The van der Waals surface area contributed by atoms with E-state index in [0.29, 0.717) is 0 Å². The van der Waals surface area contributed by atoms with Crippen LogP contribution in [0.25, 0.3) is 0 Å². The molecule has 0 fully saturated rings. The number of methoxy groups -OCH3 is 1. The van der Waals surface area contributed by atoms with E-state index in [2.05, 4.69) is 4.74 Å². The van der Waals surface area contributed by atoms with Crippen LogP contribution in [0, 0.1) is 11.3 Å². The van der Waals surface area contributed by atoms with Crippen LogP contribution in [-0.2, 0) is 4.74 Å². The summed E-state index contributed by atoms with van der Waals surface area (Å²) in [5.41, 5.74) is -5.23. The Labute approximate surface area is 117 Å². The number of hydrogen-bond acceptors (Lipinski definition) is 5. The van der Waals surface area contributed by atoms with Gasteiger partial charge in [0.05, 0.1) is 24.8 Å². The Hall–Kier alpha value is -1.88. The van der Waals surface area contributed by atoms with Crippen LogP contribution in [0.4, 0.5) is 13.2 Å². The van der Waals surface area contributed by atoms with Crippen molar-refractivity contribution in [2.75, 3.05) is 13.7 Å². The molecule has 0 aliphatic heterocycles. The minimum absolute atomic E-state index is 0.00808. The number of nitriles is 1. The van der Waals surface area contributed by atoms with Crippen LogP contribution >= 0.6 is 11.8 Å². The van der Waals surface area contributed by atoms with E-state index in [1.165, 1.54) is 20.1 Å². The van der Waals surface area contributed by atoms with Gasteiger partial charge in [0.15, 0.2) is 0 Å². The van der Waals surface area contributed by atoms with Crippen molar-refractivity contribution in [1.29, 1.82) is 5.26 Å². The van der Waals surface area contributed by atoms with Crippen LogP contribution in [0.3, 0.4) is 0 Å². The number of esters is 1. The monoisotopic (exact) mass is 305 g/mol. The lowest BCUT2D eigenvalue weighted by Crippen LogP contribution is -2.11. The van der Waals surface area contributed by atoms with Gasteiger partial charge >= 0.3 is 11.5 Å². The summed E-state index contributed by atoms with van der Waals surface area (Å²) in [5.74, 6) is -0.917. The molecule has 0 bridgehead atoms. The van der Waals surface area contributed by atoms with Gasteiger partial charge in [-0.25, -0.2) is 4.79 Å². The van der Waals surface area contributed by atoms with Gasteiger partial charge in [0.25, 0.3) is 0 Å². The Balaban J connectivity index is 3.43. The molecule has 0 N–H and O–H groups in total. The van der Waals surface area contributed by atoms with Gasteiger partial charge in [-0.1, -0.05) is 0 Å². The number of rotatable bonds is 4. The lowest BCUT2D eigenvalue weighted by molar-refractivity contribution is -0.0328. The van der Waals surface area contributed by atoms with Crippen molar-refractivity contribution < 1.29 is 27.4 Å². The second-order valence-electron chi connectivity index (χ2n) is 3.43. The van der Waals surface area contributed by atoms with E-state index in [1.54, 1.807) is 6.07 Å². The average Bonchev–Trinajstić information content (AvgIpc) is 2.35. The molecule has 0 aliphatic carbocycles. The molecule has 4 nitrogen and oxygen atoms in total. The maximum Gasteiger partial charge on any atom is 0.446 e. The van der Waals surface area contributed by atoms with Crippen LogP contribution < -0.4 is 4.74 Å². The van der Waals surface area contributed by atoms with Crippen molar-refractivity contribution in [3.63, 3.8) is 0 Å². The molecule has 0 aromatic heterocycles. The van der Waals surface area contributed by atoms with Gasteiger partial charge in [-0.3, -0.25) is 0 Å². The van der Waals surface area contributed by atoms with Gasteiger partial charge < -0.3 is 9.47 Å². The third-order valence-corrected chi connectivity index (χ3v) is 2.91. The van der Waals surface area contributed by atoms with Crippen molar-refractivity contribution in [3.8, 4) is 11.8 Å². The maximum absolute atomic E-state index is 12.5. The van der Waals surface area contributed by atoms with Crippen molar-refractivity contribution in [3.05, 3.63) is 23.3 Å². The first-order chi connectivity index (χ1) is 9.32. The molecule has 0 heterocycles. The van der Waals surface area contributed by atoms with Crippen molar-refractivity contribution in [2.24, 2.45) is 0 Å². The van der Waals surface area contributed by atoms with Gasteiger partial charge in [0.2, 0.25) is 0 Å². The zero-order valence-electron chi connectivity index (χ0n) is 10.6. The molecule has 8 heteroatoms. The Kier molecular flexibility index (Phi) is 5.27. The third-order valence-electron chi connectivity index (χ3n) is 2.14. The first kappa shape index (κ1) is 16.2. The fourth-order valence-electron chi connectivity index (χ4n) is 1.42. The molecule has 0 saturated heterocycles. The van der Waals surface area contributed by atoms with Crippen LogP contribution in [-0.4, -0.2) is 25.2 Å². The number of alkyl halides is 3. The molecule has 1 aromatic carbocycles. The number of halogens is 3. The van der Waals surface area contributed by atoms with Crippen LogP contribution in [0.1, 0.15) is 22.8 Å². The summed E-state index contributed by atoms with van der Waals surface area (Å²) in [6, 6.07) is 3.91. The predicted octanol–water partition coefficient (Wildman–Crippen LogP) is 3.36. The second kappa shape index (κ2) is 6.52. The highest BCUT2D eigenvalue weighted by Crippen LogP contribution is 2.41. The van der Waals surface area contributed by atoms with Crippen LogP contribution in [0.15, 0.2) is 17.0 Å². The summed E-state index contributed by atoms with van der Waals surface area (Å²) in [6.07, 6.45) is 0. The molecule has 108 valence electrons. The Morgan fingerprint density at radius 1 is 1.45 bits per heavy atom. The number of carbonyl (C=O) groups excluding carboxylic acids is 1. The zero-order chi connectivity index (χ0) is 15.3. The lowest BCUT2D eigenvalue weighted by Gasteiger charge is -2.13. The Morgan fingerprint density at radius 3 is 2.55 bits per heavy atom. The van der Waals surface area contributed by atoms with Crippen LogP contribution in [0.5, 0.6) is 5.75 Å². The minimum atomic E-state index is -4.60. The number of ether oxygens (including phenoxy) is 2. The van der Waals surface area contributed by atoms with Gasteiger partial charge in [-0.2, -0.15) is 18.4 Å². The molecule has 1 aromatic rings. The summed E-state index contributed by atoms with van der Waals surface area (Å²) in [5, 5.41) is 8.97. The molecule has 0 saturated carbocycles. The quantitative estimate of drug-likeness (QED) is 0.630. The first-order valence-corrected chi connectivity index (χ1v) is 6.19. The molecule has 0 spiro atoms. The first-order valence-electron chi connectivity index (χ1n) is 5.37. The molecular formula is C12H10F3NO3S. The standard InChI is InChI=1S/C12H10F3NO3S/c1-3-19-11(17)10-7(6-16)4-8(18-2)5-9(10)20-12(13,14)15/h4-5H,3H2,1-2H3. The SMILES string of the molecule is CCOC(=O)c1c(C#N)cc(OC)cc1SC(F)(F)F. The molecule has 0 amide bonds. The zero-order valence-corrected chi connectivity index (χ0v) is 11.4. The second-order valence-corrected chi connectivity index (χ2v) is 4.54. The number of thioether (sulfide) groups is 1. The maximum atomic E-state index is 12.5. The van der Waals surface area contributed by atoms with E-state index in [0.717, 1.165) is 6.07 Å². The predicted molar refractivity (Wildman–Crippen MR) is 65.6 cm³/mol. The van der Waals surface area contributed by atoms with E-state index in [4.69, 9.17) is 10.00 Å². The Bertz CT molecular complexity index is 552. The fraction of sp³-hybridized carbons (Fsp3) is 0.333. The normalized spacial score (nSPS) is 10.8. The van der Waals surface area contributed by atoms with E-state index < -0.39 is 33.7 Å². The number of hydrogen-bond donors (Lipinski definition) is 0. The Morgan fingerprint density at radius 2 is 2.10 bits per heavy atom. The molecule has 0 aliphatic rings. The van der Waals surface area contributed by atoms with E-state index >= 15 is 0 Å². The number of carbonyl (C=O) groups is 1. The van der Waals surface area contributed by atoms with E-state index in [-0.39, 0.29) is 17.9 Å². The minimum Gasteiger partial charge on any atom is -0.497 e. The highest BCUT2D eigenvalue weighted by Gasteiger charge is 2.33. The van der Waals surface area contributed by atoms with Gasteiger partial charge in [0, 0.05) is 4.90 Å². The van der Waals surface area contributed by atoms with E-state index in [1.807, 2.05) is 0 Å². The van der Waals surface area contributed by atoms with Gasteiger partial charge in [-0.15, -0.1) is 0 Å². The largest absolute Gasteiger partial charge is 0.497 e. The summed E-state index contributed by atoms with van der Waals surface area (Å²) in [7, 11) is 1.25. The van der Waals surface area contributed by atoms with Crippen molar-refractivity contribution in [2.45, 2.75) is 17.3 Å². The fourth-order valence-corrected chi connectivity index (χ4v) is 2.14. The van der Waals surface area contributed by atoms with Crippen molar-refractivity contribution >= 4 is 17.7 Å². The highest BCUT2D eigenvalue weighted by atomic mass is 32.2. The number of nitrogens with zero attached hydrogens (tertiary/aromatic N) is 1. The lowest BCUT2D eigenvalue weighted by atomic mass is 10.1. The molecule has 0 atom stereocenters. The smallest absolute Gasteiger partial charge is 0.446 e. The highest BCUT2D eigenvalue weighted by molar-refractivity contribution is 8.00. The summed E-state index contributed by atoms with van der Waals surface area (Å²) < 4.78 is 47.1. The van der Waals surface area contributed by atoms with Gasteiger partial charge in [-0.05, 0) is 30.8 Å². The molecule has 0 unspecified atom stereocenters. The molecule has 0 radical (unpaired) electrons. The summed E-state index contributed by atoms with van der Waals surface area (Å²) in [6.45, 7) is 1.51. The molecule has 1 rings (SSSR count). The third kappa shape index (κ3) is 4.06. The van der Waals surface area contributed by atoms with Gasteiger partial charge in [0.1, 0.15) is 11.8 Å². The van der Waals surface area contributed by atoms with Crippen molar-refractivity contribution in [1.82, 2.24) is 0 Å². The average molecular weight is 305 g/mol. The molecule has 20 heavy (non-hydrogen) atoms. The summed E-state index contributed by atoms with van der Waals surface area (Å²) >= 11 is -0.491. The number of benzene rings is 1. The van der Waals surface area contributed by atoms with Crippen LogP contribution in [0.2, 0.25) is 0 Å². The molecular weight excluding hydrogens is 295 g/mol. The van der Waals surface area contributed by atoms with E-state index in [9.17, 15) is 18.0 Å².